The molecule has 11 rings (SSSR count). The number of rotatable bonds is 7. The molecule has 7 aromatic carbocycles. The first-order valence-electron chi connectivity index (χ1n) is 23.2. The Morgan fingerprint density at radius 2 is 1.09 bits per heavy atom. The Labute approximate surface area is 389 Å². The van der Waals surface area contributed by atoms with E-state index in [2.05, 4.69) is 222 Å². The molecular weight excluding hydrogens is 805 g/mol. The Balaban J connectivity index is 1.22. The number of nitrogens with zero attached hydrogens (tertiary/aromatic N) is 5. The molecule has 2 aliphatic rings. The van der Waals surface area contributed by atoms with Gasteiger partial charge in [0.2, 0.25) is 5.88 Å². The van der Waals surface area contributed by atoms with Crippen LogP contribution in [0.2, 0.25) is 0 Å². The molecule has 0 spiro atoms. The summed E-state index contributed by atoms with van der Waals surface area (Å²) in [5.41, 5.74) is 26.0. The minimum Gasteiger partial charge on any atom is -0.439 e. The normalized spacial score (nSPS) is 12.7. The lowest BCUT2D eigenvalue weighted by molar-refractivity contribution is 0.462. The molecular formula is C59H54BN5O. The molecule has 0 amide bonds. The average Bonchev–Trinajstić information content (AvgIpc) is 3.66. The van der Waals surface area contributed by atoms with Crippen molar-refractivity contribution in [3.05, 3.63) is 190 Å². The number of ether oxygens (including phenoxy) is 1. The van der Waals surface area contributed by atoms with Crippen molar-refractivity contribution in [1.82, 2.24) is 14.5 Å². The van der Waals surface area contributed by atoms with Crippen LogP contribution in [0.3, 0.4) is 0 Å². The van der Waals surface area contributed by atoms with E-state index in [9.17, 15) is 0 Å². The van der Waals surface area contributed by atoms with Gasteiger partial charge in [-0.05, 0) is 177 Å². The van der Waals surface area contributed by atoms with Crippen LogP contribution in [0.4, 0.5) is 34.1 Å². The van der Waals surface area contributed by atoms with E-state index in [4.69, 9.17) is 9.72 Å². The molecule has 0 N–H and O–H groups in total. The fourth-order valence-corrected chi connectivity index (χ4v) is 11.2. The van der Waals surface area contributed by atoms with Crippen molar-refractivity contribution < 1.29 is 4.74 Å². The van der Waals surface area contributed by atoms with E-state index in [0.29, 0.717) is 11.8 Å². The number of aryl methyl sites for hydroxylation is 8. The van der Waals surface area contributed by atoms with Crippen LogP contribution in [-0.2, 0) is 0 Å². The van der Waals surface area contributed by atoms with Gasteiger partial charge in [-0.25, -0.2) is 9.97 Å². The number of benzene rings is 7. The average molecular weight is 860 g/mol. The van der Waals surface area contributed by atoms with E-state index in [1.165, 1.54) is 94.9 Å². The predicted molar refractivity (Wildman–Crippen MR) is 277 cm³/mol. The Kier molecular flexibility index (Phi) is 9.81. The van der Waals surface area contributed by atoms with Crippen molar-refractivity contribution in [3.8, 4) is 28.7 Å². The van der Waals surface area contributed by atoms with Gasteiger partial charge in [0, 0.05) is 40.6 Å². The summed E-state index contributed by atoms with van der Waals surface area (Å²) in [6.07, 6.45) is 1.85. The largest absolute Gasteiger partial charge is 0.439 e. The summed E-state index contributed by atoms with van der Waals surface area (Å²) in [6.45, 7) is 22.0. The van der Waals surface area contributed by atoms with Gasteiger partial charge < -0.3 is 14.5 Å². The van der Waals surface area contributed by atoms with Gasteiger partial charge in [-0.3, -0.25) is 4.57 Å². The quantitative estimate of drug-likeness (QED) is 0.149. The van der Waals surface area contributed by atoms with Crippen molar-refractivity contribution in [2.24, 2.45) is 0 Å². The van der Waals surface area contributed by atoms with E-state index in [-0.39, 0.29) is 6.71 Å². The fourth-order valence-electron chi connectivity index (χ4n) is 11.2. The molecule has 66 heavy (non-hydrogen) atoms. The molecule has 324 valence electrons. The highest BCUT2D eigenvalue weighted by molar-refractivity contribution is 7.00. The summed E-state index contributed by atoms with van der Waals surface area (Å²) in [5.74, 6) is 2.61. The predicted octanol–water partition coefficient (Wildman–Crippen LogP) is 13.6. The van der Waals surface area contributed by atoms with Crippen molar-refractivity contribution in [2.75, 3.05) is 9.80 Å². The van der Waals surface area contributed by atoms with Gasteiger partial charge in [0.15, 0.2) is 0 Å². The van der Waals surface area contributed by atoms with Crippen molar-refractivity contribution in [2.45, 2.75) is 75.2 Å². The summed E-state index contributed by atoms with van der Waals surface area (Å²) >= 11 is 0. The maximum absolute atomic E-state index is 6.75. The first-order chi connectivity index (χ1) is 31.9. The maximum Gasteiger partial charge on any atom is 0.252 e. The lowest BCUT2D eigenvalue weighted by Crippen LogP contribution is -2.61. The zero-order chi connectivity index (χ0) is 45.7. The topological polar surface area (TPSA) is 46.4 Å². The summed E-state index contributed by atoms with van der Waals surface area (Å²) in [5, 5.41) is 0. The lowest BCUT2D eigenvalue weighted by Gasteiger charge is -2.45. The molecule has 0 saturated carbocycles. The molecule has 0 fully saturated rings. The van der Waals surface area contributed by atoms with Crippen molar-refractivity contribution >= 4 is 68.3 Å². The van der Waals surface area contributed by atoms with Crippen LogP contribution in [0.15, 0.2) is 140 Å². The van der Waals surface area contributed by atoms with E-state index < -0.39 is 0 Å². The summed E-state index contributed by atoms with van der Waals surface area (Å²) in [4.78, 5) is 15.2. The maximum atomic E-state index is 6.75. The molecule has 0 radical (unpaired) electrons. The van der Waals surface area contributed by atoms with Gasteiger partial charge in [0.25, 0.3) is 6.71 Å². The summed E-state index contributed by atoms with van der Waals surface area (Å²) in [7, 11) is 0. The number of hydrogen-bond acceptors (Lipinski definition) is 5. The monoisotopic (exact) mass is 859 g/mol. The molecule has 0 aliphatic carbocycles. The first-order valence-corrected chi connectivity index (χ1v) is 23.2. The number of hydrogen-bond donors (Lipinski definition) is 0. The molecule has 2 aromatic heterocycles. The van der Waals surface area contributed by atoms with Crippen LogP contribution in [0, 0.1) is 55.4 Å². The Hall–Kier alpha value is -7.38. The molecule has 0 unspecified atom stereocenters. The Morgan fingerprint density at radius 1 is 0.515 bits per heavy atom. The van der Waals surface area contributed by atoms with Crippen molar-refractivity contribution in [1.29, 1.82) is 0 Å². The van der Waals surface area contributed by atoms with E-state index >= 15 is 0 Å². The van der Waals surface area contributed by atoms with Gasteiger partial charge >= 0.3 is 0 Å². The number of anilines is 6. The SMILES string of the molecule is Cc1cc(C)c(N2c3ccc(Oc4cc(C(C)C)ccn4)cc3B3c4cc(-c5nc6ccccc6n5-c5c(C)cccc5C)ccc4N(c4c(C)cc(C)cc4C)c4cccc2c43)c(C)c1. The minimum atomic E-state index is -0.151. The third-order valence-electron chi connectivity index (χ3n) is 13.8. The number of pyridine rings is 1. The third kappa shape index (κ3) is 6.54. The van der Waals surface area contributed by atoms with Crippen LogP contribution in [0.1, 0.15) is 69.8 Å². The smallest absolute Gasteiger partial charge is 0.252 e. The second-order valence-electron chi connectivity index (χ2n) is 19.0. The lowest BCUT2D eigenvalue weighted by atomic mass is 9.33. The van der Waals surface area contributed by atoms with E-state index in [0.717, 1.165) is 39.5 Å². The van der Waals surface area contributed by atoms with E-state index in [1.54, 1.807) is 0 Å². The molecule has 0 bridgehead atoms. The highest BCUT2D eigenvalue weighted by Gasteiger charge is 2.44. The second kappa shape index (κ2) is 15.7. The number of aromatic nitrogens is 3. The van der Waals surface area contributed by atoms with E-state index in [1.807, 2.05) is 6.20 Å². The summed E-state index contributed by atoms with van der Waals surface area (Å²) in [6, 6.07) is 49.0. The van der Waals surface area contributed by atoms with Crippen LogP contribution in [0.25, 0.3) is 28.1 Å². The first kappa shape index (κ1) is 41.3. The highest BCUT2D eigenvalue weighted by Crippen LogP contribution is 2.48. The Bertz CT molecular complexity index is 3370. The molecule has 4 heterocycles. The van der Waals surface area contributed by atoms with Crippen LogP contribution in [0.5, 0.6) is 11.6 Å². The summed E-state index contributed by atoms with van der Waals surface area (Å²) < 4.78 is 9.12. The zero-order valence-corrected chi connectivity index (χ0v) is 39.6. The van der Waals surface area contributed by atoms with Gasteiger partial charge in [-0.1, -0.05) is 91.7 Å². The van der Waals surface area contributed by atoms with Crippen LogP contribution in [-0.4, -0.2) is 21.2 Å². The number of imidazole rings is 1. The molecule has 6 nitrogen and oxygen atoms in total. The zero-order valence-electron chi connectivity index (χ0n) is 39.6. The highest BCUT2D eigenvalue weighted by atomic mass is 16.5. The Morgan fingerprint density at radius 3 is 1.71 bits per heavy atom. The fraction of sp³-hybridized carbons (Fsp3) is 0.186. The number of fused-ring (bicyclic) bond motifs is 5. The second-order valence-corrected chi connectivity index (χ2v) is 19.0. The van der Waals surface area contributed by atoms with Crippen LogP contribution < -0.4 is 30.9 Å². The van der Waals surface area contributed by atoms with Gasteiger partial charge in [0.05, 0.1) is 28.1 Å². The molecule has 0 atom stereocenters. The van der Waals surface area contributed by atoms with Gasteiger partial charge in [0.1, 0.15) is 11.6 Å². The van der Waals surface area contributed by atoms with Crippen LogP contribution >= 0.6 is 0 Å². The van der Waals surface area contributed by atoms with Gasteiger partial charge in [-0.2, -0.15) is 0 Å². The molecule has 2 aliphatic heterocycles. The molecule has 7 heteroatoms. The molecule has 9 aromatic rings. The minimum absolute atomic E-state index is 0.151. The number of para-hydroxylation sites is 3. The third-order valence-corrected chi connectivity index (χ3v) is 13.8. The standard InChI is InChI=1S/C59H54BN5O/c1-34(2)43-25-26-61-54(32-43)66-45-22-24-50-47(33-45)60-46-31-44(59-62-48-17-11-12-18-51(48)65(59)56-37(5)15-13-16-38(56)6)21-23-49(46)63(57-39(7)27-35(3)28-40(57)8)52-19-14-20-53(55(52)60)64(50)58-41(9)29-36(4)30-42(58)10/h11-34H,1-10H3. The van der Waals surface area contributed by atoms with Crippen molar-refractivity contribution in [3.63, 3.8) is 0 Å². The van der Waals surface area contributed by atoms with Gasteiger partial charge in [-0.15, -0.1) is 0 Å². The molecule has 0 saturated heterocycles.